The summed E-state index contributed by atoms with van der Waals surface area (Å²) in [6.07, 6.45) is -8.15. The van der Waals surface area contributed by atoms with Crippen molar-refractivity contribution in [3.8, 4) is 11.1 Å². The molecule has 36 heavy (non-hydrogen) atoms. The fourth-order valence-corrected chi connectivity index (χ4v) is 4.76. The Hall–Kier alpha value is -3.36. The highest BCUT2D eigenvalue weighted by molar-refractivity contribution is 6.28. The second kappa shape index (κ2) is 9.59. The van der Waals surface area contributed by atoms with Crippen LogP contribution in [-0.4, -0.2) is 24.0 Å². The molecule has 0 atom stereocenters. The van der Waals surface area contributed by atoms with Crippen LogP contribution in [0.4, 0.5) is 26.3 Å². The Labute approximate surface area is 204 Å². The van der Waals surface area contributed by atoms with E-state index < -0.39 is 25.2 Å². The third kappa shape index (κ3) is 5.71. The Morgan fingerprint density at radius 3 is 1.94 bits per heavy atom. The van der Waals surface area contributed by atoms with Crippen molar-refractivity contribution in [1.82, 2.24) is 5.32 Å². The number of amidine groups is 2. The van der Waals surface area contributed by atoms with Crippen molar-refractivity contribution in [2.24, 2.45) is 0 Å². The van der Waals surface area contributed by atoms with Crippen LogP contribution in [0.1, 0.15) is 54.0 Å². The Morgan fingerprint density at radius 1 is 0.722 bits per heavy atom. The number of rotatable bonds is 7. The van der Waals surface area contributed by atoms with E-state index in [0.717, 1.165) is 37.3 Å². The van der Waals surface area contributed by atoms with Crippen molar-refractivity contribution < 1.29 is 26.3 Å². The van der Waals surface area contributed by atoms with Crippen LogP contribution in [0.15, 0.2) is 42.5 Å². The zero-order valence-corrected chi connectivity index (χ0v) is 19.6. The van der Waals surface area contributed by atoms with Gasteiger partial charge < -0.3 is 5.32 Å². The highest BCUT2D eigenvalue weighted by atomic mass is 19.4. The zero-order chi connectivity index (χ0) is 26.3. The highest BCUT2D eigenvalue weighted by Crippen LogP contribution is 2.39. The van der Waals surface area contributed by atoms with Gasteiger partial charge in [-0.3, -0.25) is 10.8 Å². The van der Waals surface area contributed by atoms with Gasteiger partial charge in [0.05, 0.1) is 12.8 Å². The van der Waals surface area contributed by atoms with E-state index in [9.17, 15) is 26.3 Å². The minimum atomic E-state index is -4.60. The molecule has 9 heteroatoms. The lowest BCUT2D eigenvalue weighted by molar-refractivity contribution is -0.127. The number of hydrogen-bond donors (Lipinski definition) is 3. The molecule has 4 rings (SSSR count). The zero-order valence-electron chi connectivity index (χ0n) is 19.6. The van der Waals surface area contributed by atoms with Crippen LogP contribution in [0.2, 0.25) is 0 Å². The topological polar surface area (TPSA) is 59.7 Å². The van der Waals surface area contributed by atoms with E-state index in [2.05, 4.69) is 12.2 Å². The third-order valence-corrected chi connectivity index (χ3v) is 6.19. The molecule has 1 heterocycles. The molecule has 0 bridgehead atoms. The van der Waals surface area contributed by atoms with Crippen molar-refractivity contribution >= 4 is 22.4 Å². The van der Waals surface area contributed by atoms with Crippen LogP contribution in [-0.2, 0) is 19.3 Å². The van der Waals surface area contributed by atoms with Crippen LogP contribution in [0, 0.1) is 10.8 Å². The van der Waals surface area contributed by atoms with Crippen molar-refractivity contribution in [2.45, 2.75) is 57.8 Å². The SMILES string of the molecule is CCCCCc1ccc2cc3c(c(-c4cc(CC(F)(F)F)cc(CC(F)(F)F)c4)c2c1)C(=N)NC3=N. The summed E-state index contributed by atoms with van der Waals surface area (Å²) in [6.45, 7) is 2.09. The number of aryl methyl sites for hydroxylation is 1. The maximum Gasteiger partial charge on any atom is 0.393 e. The van der Waals surface area contributed by atoms with Crippen LogP contribution < -0.4 is 5.32 Å². The van der Waals surface area contributed by atoms with Crippen molar-refractivity contribution in [3.05, 3.63) is 70.3 Å². The number of fused-ring (bicyclic) bond motifs is 2. The van der Waals surface area contributed by atoms with Crippen molar-refractivity contribution in [1.29, 1.82) is 10.8 Å². The van der Waals surface area contributed by atoms with Crippen LogP contribution in [0.25, 0.3) is 21.9 Å². The minimum absolute atomic E-state index is 0.0351. The maximum atomic E-state index is 13.2. The Morgan fingerprint density at radius 2 is 1.36 bits per heavy atom. The van der Waals surface area contributed by atoms with E-state index in [1.165, 1.54) is 12.1 Å². The highest BCUT2D eigenvalue weighted by Gasteiger charge is 2.32. The maximum absolute atomic E-state index is 13.2. The minimum Gasteiger partial charge on any atom is -0.325 e. The number of halogens is 6. The molecular formula is C27H25F6N3. The number of alkyl halides is 6. The molecule has 0 amide bonds. The second-order valence-corrected chi connectivity index (χ2v) is 9.18. The van der Waals surface area contributed by atoms with Gasteiger partial charge in [-0.25, -0.2) is 0 Å². The molecular weight excluding hydrogens is 480 g/mol. The van der Waals surface area contributed by atoms with Gasteiger partial charge in [0.1, 0.15) is 11.7 Å². The van der Waals surface area contributed by atoms with Gasteiger partial charge in [0.25, 0.3) is 0 Å². The molecule has 3 nitrogen and oxygen atoms in total. The summed E-state index contributed by atoms with van der Waals surface area (Å²) < 4.78 is 79.4. The third-order valence-electron chi connectivity index (χ3n) is 6.19. The summed E-state index contributed by atoms with van der Waals surface area (Å²) in [4.78, 5) is 0. The predicted molar refractivity (Wildman–Crippen MR) is 129 cm³/mol. The molecule has 0 radical (unpaired) electrons. The van der Waals surface area contributed by atoms with Crippen LogP contribution >= 0.6 is 0 Å². The summed E-state index contributed by atoms with van der Waals surface area (Å²) in [5.41, 5.74) is 1.66. The lowest BCUT2D eigenvalue weighted by Gasteiger charge is -2.17. The van der Waals surface area contributed by atoms with E-state index in [-0.39, 0.29) is 28.4 Å². The summed E-state index contributed by atoms with van der Waals surface area (Å²) in [5.74, 6) is -0.144. The van der Waals surface area contributed by atoms with E-state index in [1.54, 1.807) is 6.07 Å². The summed E-state index contributed by atoms with van der Waals surface area (Å²) in [6, 6.07) is 10.9. The quantitative estimate of drug-likeness (QED) is 0.224. The molecule has 0 aromatic heterocycles. The molecule has 3 N–H and O–H groups in total. The molecule has 1 aliphatic rings. The molecule has 0 aliphatic carbocycles. The van der Waals surface area contributed by atoms with Gasteiger partial charge in [0.2, 0.25) is 0 Å². The fourth-order valence-electron chi connectivity index (χ4n) is 4.76. The molecule has 0 saturated heterocycles. The largest absolute Gasteiger partial charge is 0.393 e. The van der Waals surface area contributed by atoms with E-state index in [4.69, 9.17) is 10.8 Å². The first-order chi connectivity index (χ1) is 16.8. The van der Waals surface area contributed by atoms with Crippen molar-refractivity contribution in [3.63, 3.8) is 0 Å². The van der Waals surface area contributed by atoms with Gasteiger partial charge in [-0.15, -0.1) is 0 Å². The monoisotopic (exact) mass is 505 g/mol. The lowest BCUT2D eigenvalue weighted by Crippen LogP contribution is -2.20. The average Bonchev–Trinajstić information content (AvgIpc) is 3.02. The molecule has 0 saturated carbocycles. The average molecular weight is 506 g/mol. The Bertz CT molecular complexity index is 1300. The standard InChI is InChI=1S/C27H25F6N3/c1-2-3-4-5-15-6-7-18-12-21-23(25(35)36-24(21)34)22(20(18)11-15)19-9-16(13-26(28,29)30)8-17(10-19)14-27(31,32)33/h6-12H,2-5,13-14H2,1H3,(H3,34,35,36). The van der Waals surface area contributed by atoms with Gasteiger partial charge in [-0.1, -0.05) is 56.2 Å². The molecule has 0 unspecified atom stereocenters. The number of hydrogen-bond acceptors (Lipinski definition) is 2. The summed E-state index contributed by atoms with van der Waals surface area (Å²) in [5, 5.41) is 20.6. The second-order valence-electron chi connectivity index (χ2n) is 9.18. The summed E-state index contributed by atoms with van der Waals surface area (Å²) in [7, 11) is 0. The first-order valence-electron chi connectivity index (χ1n) is 11.7. The van der Waals surface area contributed by atoms with Gasteiger partial charge in [0, 0.05) is 16.7 Å². The predicted octanol–water partition coefficient (Wildman–Crippen LogP) is 7.70. The first kappa shape index (κ1) is 25.7. The Kier molecular flexibility index (Phi) is 6.86. The lowest BCUT2D eigenvalue weighted by atomic mass is 9.87. The molecule has 0 spiro atoms. The van der Waals surface area contributed by atoms with E-state index >= 15 is 0 Å². The van der Waals surface area contributed by atoms with Gasteiger partial charge in [-0.05, 0) is 51.9 Å². The van der Waals surface area contributed by atoms with Gasteiger partial charge in [-0.2, -0.15) is 26.3 Å². The summed E-state index contributed by atoms with van der Waals surface area (Å²) >= 11 is 0. The van der Waals surface area contributed by atoms with Crippen molar-refractivity contribution in [2.75, 3.05) is 0 Å². The van der Waals surface area contributed by atoms with Crippen LogP contribution in [0.3, 0.4) is 0 Å². The first-order valence-corrected chi connectivity index (χ1v) is 11.7. The fraction of sp³-hybridized carbons (Fsp3) is 0.333. The molecule has 3 aromatic carbocycles. The number of benzene rings is 3. The molecule has 190 valence electrons. The molecule has 1 aliphatic heterocycles. The van der Waals surface area contributed by atoms with Gasteiger partial charge >= 0.3 is 12.4 Å². The smallest absolute Gasteiger partial charge is 0.325 e. The van der Waals surface area contributed by atoms with E-state index in [0.29, 0.717) is 27.5 Å². The molecule has 0 fully saturated rings. The Balaban J connectivity index is 1.99. The van der Waals surface area contributed by atoms with Gasteiger partial charge in [0.15, 0.2) is 0 Å². The normalized spacial score (nSPS) is 13.9. The van der Waals surface area contributed by atoms with E-state index in [1.807, 2.05) is 18.2 Å². The van der Waals surface area contributed by atoms with Crippen LogP contribution in [0.5, 0.6) is 0 Å². The number of unbranched alkanes of at least 4 members (excludes halogenated alkanes) is 2. The number of nitrogens with one attached hydrogen (secondary N) is 3. The molecule has 3 aromatic rings.